The number of carboxylic acids is 1. The second kappa shape index (κ2) is 14.6. The maximum Gasteiger partial charge on any atom is 0.490 e. The van der Waals surface area contributed by atoms with Gasteiger partial charge in [0.25, 0.3) is 5.91 Å². The molecule has 0 radical (unpaired) electrons. The molecule has 3 atom stereocenters. The molecule has 2 fully saturated rings. The third kappa shape index (κ3) is 7.60. The highest BCUT2D eigenvalue weighted by Crippen LogP contribution is 2.44. The number of nitrogens with one attached hydrogen (secondary N) is 1. The fraction of sp³-hybridized carbons (Fsp3) is 0.455. The number of piperazine rings is 1. The number of carbonyl (C=O) groups excluding carboxylic acids is 2. The van der Waals surface area contributed by atoms with E-state index in [0.29, 0.717) is 62.3 Å². The summed E-state index contributed by atoms with van der Waals surface area (Å²) in [5, 5.41) is 12.4. The highest BCUT2D eigenvalue weighted by molar-refractivity contribution is 5.98. The third-order valence-corrected chi connectivity index (χ3v) is 8.66. The van der Waals surface area contributed by atoms with Gasteiger partial charge in [-0.1, -0.05) is 36.8 Å². The molecule has 0 bridgehead atoms. The zero-order valence-electron chi connectivity index (χ0n) is 25.9. The van der Waals surface area contributed by atoms with Gasteiger partial charge in [-0.3, -0.25) is 4.79 Å². The number of rotatable bonds is 11. The monoisotopic (exact) mass is 658 g/mol. The van der Waals surface area contributed by atoms with Crippen molar-refractivity contribution in [2.45, 2.75) is 56.0 Å². The van der Waals surface area contributed by atoms with Crippen LogP contribution in [0.4, 0.5) is 13.2 Å². The van der Waals surface area contributed by atoms with E-state index in [-0.39, 0.29) is 42.8 Å². The van der Waals surface area contributed by atoms with E-state index < -0.39 is 29.8 Å². The van der Waals surface area contributed by atoms with Crippen LogP contribution in [0.3, 0.4) is 0 Å². The normalized spacial score (nSPS) is 21.7. The number of aromatic nitrogens is 2. The Labute approximate surface area is 269 Å². The Kier molecular flexibility index (Phi) is 10.5. The van der Waals surface area contributed by atoms with Crippen LogP contribution in [0.1, 0.15) is 59.0 Å². The predicted molar refractivity (Wildman–Crippen MR) is 163 cm³/mol. The largest absolute Gasteiger partial charge is 0.494 e. The van der Waals surface area contributed by atoms with Gasteiger partial charge in [0, 0.05) is 44.8 Å². The molecule has 2 aromatic carbocycles. The lowest BCUT2D eigenvalue weighted by atomic mass is 9.80. The smallest absolute Gasteiger partial charge is 0.490 e. The summed E-state index contributed by atoms with van der Waals surface area (Å²) in [5.74, 6) is -3.17. The van der Waals surface area contributed by atoms with Crippen molar-refractivity contribution in [2.75, 3.05) is 40.0 Å². The van der Waals surface area contributed by atoms with Crippen LogP contribution >= 0.6 is 0 Å². The molecule has 0 spiro atoms. The first-order valence-corrected chi connectivity index (χ1v) is 15.4. The van der Waals surface area contributed by atoms with Gasteiger partial charge >= 0.3 is 18.1 Å². The molecule has 1 unspecified atom stereocenters. The number of imidazole rings is 1. The van der Waals surface area contributed by atoms with Crippen LogP contribution < -0.4 is 10.1 Å². The van der Waals surface area contributed by atoms with Gasteiger partial charge < -0.3 is 34.1 Å². The zero-order valence-corrected chi connectivity index (χ0v) is 25.9. The molecule has 2 aliphatic rings. The van der Waals surface area contributed by atoms with Gasteiger partial charge in [0.2, 0.25) is 0 Å². The first-order valence-electron chi connectivity index (χ1n) is 15.4. The average molecular weight is 659 g/mol. The Hall–Kier alpha value is -4.43. The van der Waals surface area contributed by atoms with E-state index >= 15 is 0 Å². The van der Waals surface area contributed by atoms with E-state index in [1.54, 1.807) is 45.9 Å². The number of benzene rings is 2. The Morgan fingerprint density at radius 2 is 1.83 bits per heavy atom. The third-order valence-electron chi connectivity index (χ3n) is 8.66. The molecule has 2 N–H and O–H groups in total. The first kappa shape index (κ1) is 33.9. The maximum absolute atomic E-state index is 14.3. The van der Waals surface area contributed by atoms with Gasteiger partial charge in [-0.25, -0.2) is 14.6 Å². The van der Waals surface area contributed by atoms with Crippen LogP contribution in [-0.2, 0) is 14.3 Å². The van der Waals surface area contributed by atoms with Crippen molar-refractivity contribution < 1.29 is 46.9 Å². The van der Waals surface area contributed by atoms with Gasteiger partial charge in [0.1, 0.15) is 5.75 Å². The van der Waals surface area contributed by atoms with Crippen LogP contribution in [0.15, 0.2) is 60.9 Å². The number of amides is 1. The van der Waals surface area contributed by atoms with E-state index in [1.165, 1.54) is 25.6 Å². The van der Waals surface area contributed by atoms with E-state index in [1.807, 2.05) is 6.07 Å². The fourth-order valence-corrected chi connectivity index (χ4v) is 6.45. The lowest BCUT2D eigenvalue weighted by Gasteiger charge is -2.44. The number of halogens is 3. The first-order chi connectivity index (χ1) is 22.5. The van der Waals surface area contributed by atoms with Crippen molar-refractivity contribution in [1.82, 2.24) is 19.8 Å². The molecule has 1 saturated heterocycles. The van der Waals surface area contributed by atoms with Gasteiger partial charge in [0.15, 0.2) is 11.3 Å². The van der Waals surface area contributed by atoms with Gasteiger partial charge in [-0.15, -0.1) is 0 Å². The number of methoxy groups -OCH3 is 1. The molecular formula is C33H37F3N4O7. The minimum Gasteiger partial charge on any atom is -0.494 e. The topological polar surface area (TPSA) is 132 Å². The Morgan fingerprint density at radius 1 is 1.09 bits per heavy atom. The summed E-state index contributed by atoms with van der Waals surface area (Å²) in [6.45, 7) is 1.43. The number of esters is 1. The standard InChI is InChI=1S/C33H37F3N4O7/c1-45-20-32(47-31(44)33(34,35)36)15-6-5-9-26(32)40-21-38-27(28(40)22-7-3-2-4-8-22)29(41)39-17-16-37-19-24(39)14-18-46-25-12-10-23(11-13-25)30(42)43/h2-4,7-8,10-13,21,24,26,37H,5-6,9,14-20H2,1H3,(H,42,43)/t24?,26-,32+/m1/s1. The minimum absolute atomic E-state index is 0.132. The second-order valence-electron chi connectivity index (χ2n) is 11.7. The molecule has 252 valence electrons. The summed E-state index contributed by atoms with van der Waals surface area (Å²) in [4.78, 5) is 43.9. The molecule has 1 saturated carbocycles. The molecular weight excluding hydrogens is 621 g/mol. The van der Waals surface area contributed by atoms with Crippen molar-refractivity contribution in [1.29, 1.82) is 0 Å². The van der Waals surface area contributed by atoms with E-state index in [2.05, 4.69) is 10.3 Å². The molecule has 2 heterocycles. The number of alkyl halides is 3. The van der Waals surface area contributed by atoms with Gasteiger partial charge in [-0.2, -0.15) is 13.2 Å². The van der Waals surface area contributed by atoms with Crippen LogP contribution in [-0.4, -0.2) is 95.2 Å². The summed E-state index contributed by atoms with van der Waals surface area (Å²) in [7, 11) is 1.34. The van der Waals surface area contributed by atoms with Crippen LogP contribution in [0.2, 0.25) is 0 Å². The summed E-state index contributed by atoms with van der Waals surface area (Å²) in [6, 6.07) is 14.0. The Bertz CT molecular complexity index is 1540. The number of carbonyl (C=O) groups is 3. The molecule has 1 aliphatic heterocycles. The van der Waals surface area contributed by atoms with Crippen molar-refractivity contribution in [3.63, 3.8) is 0 Å². The number of hydrogen-bond acceptors (Lipinski definition) is 8. The van der Waals surface area contributed by atoms with Crippen molar-refractivity contribution in [2.24, 2.45) is 0 Å². The quantitative estimate of drug-likeness (QED) is 0.281. The molecule has 1 aliphatic carbocycles. The van der Waals surface area contributed by atoms with Gasteiger partial charge in [-0.05, 0) is 43.5 Å². The predicted octanol–water partition coefficient (Wildman–Crippen LogP) is 4.74. The summed E-state index contributed by atoms with van der Waals surface area (Å²) in [5.41, 5.74) is -0.315. The summed E-state index contributed by atoms with van der Waals surface area (Å²) in [6.07, 6.45) is -1.58. The van der Waals surface area contributed by atoms with E-state index in [9.17, 15) is 27.6 Å². The molecule has 14 heteroatoms. The molecule has 47 heavy (non-hydrogen) atoms. The van der Waals surface area contributed by atoms with Crippen LogP contribution in [0.25, 0.3) is 11.3 Å². The average Bonchev–Trinajstić information content (AvgIpc) is 3.50. The van der Waals surface area contributed by atoms with Gasteiger partial charge in [0.05, 0.1) is 36.8 Å². The Balaban J connectivity index is 1.44. The van der Waals surface area contributed by atoms with E-state index in [0.717, 1.165) is 0 Å². The fourth-order valence-electron chi connectivity index (χ4n) is 6.45. The lowest BCUT2D eigenvalue weighted by Crippen LogP contribution is -2.54. The van der Waals surface area contributed by atoms with E-state index in [4.69, 9.17) is 19.3 Å². The van der Waals surface area contributed by atoms with Crippen molar-refractivity contribution in [3.8, 4) is 17.0 Å². The lowest BCUT2D eigenvalue weighted by molar-refractivity contribution is -0.226. The second-order valence-corrected chi connectivity index (χ2v) is 11.7. The molecule has 1 amide bonds. The Morgan fingerprint density at radius 3 is 2.51 bits per heavy atom. The highest BCUT2D eigenvalue weighted by Gasteiger charge is 2.52. The SMILES string of the molecule is COC[C@@]1(OC(=O)C(F)(F)F)CCCC[C@H]1n1cnc(C(=O)N2CCNCC2CCOc2ccc(C(=O)O)cc2)c1-c1ccccc1. The molecule has 11 nitrogen and oxygen atoms in total. The minimum atomic E-state index is -5.19. The van der Waals surface area contributed by atoms with Crippen LogP contribution in [0.5, 0.6) is 5.75 Å². The number of ether oxygens (including phenoxy) is 3. The molecule has 3 aromatic rings. The summed E-state index contributed by atoms with van der Waals surface area (Å²) >= 11 is 0. The number of nitrogens with zero attached hydrogens (tertiary/aromatic N) is 3. The van der Waals surface area contributed by atoms with Crippen molar-refractivity contribution >= 4 is 17.8 Å². The number of hydrogen-bond donors (Lipinski definition) is 2. The molecule has 5 rings (SSSR count). The zero-order chi connectivity index (χ0) is 33.6. The molecule has 1 aromatic heterocycles. The highest BCUT2D eigenvalue weighted by atomic mass is 19.4. The van der Waals surface area contributed by atoms with Crippen LogP contribution in [0, 0.1) is 0 Å². The number of aromatic carboxylic acids is 1. The van der Waals surface area contributed by atoms with Crippen molar-refractivity contribution in [3.05, 3.63) is 72.2 Å². The maximum atomic E-state index is 14.3. The number of carboxylic acid groups (broad SMARTS) is 1. The summed E-state index contributed by atoms with van der Waals surface area (Å²) < 4.78 is 58.5.